The summed E-state index contributed by atoms with van der Waals surface area (Å²) in [6.45, 7) is 0.864. The number of amides is 1. The van der Waals surface area contributed by atoms with Crippen LogP contribution in [-0.2, 0) is 14.4 Å². The van der Waals surface area contributed by atoms with Crippen molar-refractivity contribution in [1.29, 1.82) is 0 Å². The predicted octanol–water partition coefficient (Wildman–Crippen LogP) is 4.42. The smallest absolute Gasteiger partial charge is 0.362 e. The molecule has 0 atom stereocenters. The van der Waals surface area contributed by atoms with Gasteiger partial charge in [0, 0.05) is 20.1 Å². The van der Waals surface area contributed by atoms with E-state index in [0.29, 0.717) is 12.0 Å². The monoisotopic (exact) mass is 349 g/mol. The van der Waals surface area contributed by atoms with Crippen LogP contribution in [0.1, 0.15) is 74.6 Å². The van der Waals surface area contributed by atoms with Crippen LogP contribution >= 0.6 is 0 Å². The third-order valence-electron chi connectivity index (χ3n) is 4.02. The fraction of sp³-hybridized carbons (Fsp3) is 0.600. The van der Waals surface area contributed by atoms with Gasteiger partial charge in [-0.1, -0.05) is 63.1 Å². The Hall–Kier alpha value is -1.88. The fourth-order valence-corrected chi connectivity index (χ4v) is 2.56. The lowest BCUT2D eigenvalue weighted by atomic mass is 10.1. The van der Waals surface area contributed by atoms with Crippen molar-refractivity contribution >= 4 is 11.9 Å². The molecular formula is C20H31NO4. The number of ether oxygens (including phenoxy) is 1. The first-order valence-electron chi connectivity index (χ1n) is 9.28. The molecule has 5 nitrogen and oxygen atoms in total. The van der Waals surface area contributed by atoms with Gasteiger partial charge in [0.1, 0.15) is 0 Å². The minimum atomic E-state index is -0.542. The zero-order valence-corrected chi connectivity index (χ0v) is 15.3. The largest absolute Gasteiger partial charge is 0.385 e. The minimum absolute atomic E-state index is 0.248. The number of benzene rings is 1. The summed E-state index contributed by atoms with van der Waals surface area (Å²) < 4.78 is 5.03. The fourth-order valence-electron chi connectivity index (χ4n) is 2.56. The van der Waals surface area contributed by atoms with E-state index >= 15 is 0 Å². The van der Waals surface area contributed by atoms with Gasteiger partial charge in [0.25, 0.3) is 5.91 Å². The topological polar surface area (TPSA) is 64.6 Å². The summed E-state index contributed by atoms with van der Waals surface area (Å²) in [5.41, 5.74) is 2.64. The zero-order chi connectivity index (χ0) is 18.2. The Morgan fingerprint density at radius 2 is 1.40 bits per heavy atom. The molecule has 0 saturated heterocycles. The van der Waals surface area contributed by atoms with E-state index in [-0.39, 0.29) is 5.91 Å². The number of hydrogen-bond donors (Lipinski definition) is 1. The molecule has 5 heteroatoms. The zero-order valence-electron chi connectivity index (χ0n) is 15.3. The van der Waals surface area contributed by atoms with Crippen molar-refractivity contribution in [2.24, 2.45) is 0 Å². The van der Waals surface area contributed by atoms with E-state index in [4.69, 9.17) is 9.57 Å². The summed E-state index contributed by atoms with van der Waals surface area (Å²) in [4.78, 5) is 28.1. The molecule has 25 heavy (non-hydrogen) atoms. The molecule has 0 heterocycles. The Balaban J connectivity index is 1.91. The summed E-state index contributed by atoms with van der Waals surface area (Å²) >= 11 is 0. The second-order valence-electron chi connectivity index (χ2n) is 6.21. The molecule has 0 saturated carbocycles. The number of nitrogens with one attached hydrogen (secondary N) is 1. The van der Waals surface area contributed by atoms with Gasteiger partial charge in [-0.3, -0.25) is 4.79 Å². The molecule has 140 valence electrons. The summed E-state index contributed by atoms with van der Waals surface area (Å²) in [5.74, 6) is -0.790. The number of hydroxylamine groups is 1. The summed E-state index contributed by atoms with van der Waals surface area (Å²) in [7, 11) is 1.74. The number of hydrogen-bond acceptors (Lipinski definition) is 4. The number of carbonyl (C=O) groups excluding carboxylic acids is 2. The Morgan fingerprint density at radius 1 is 0.840 bits per heavy atom. The number of carbonyl (C=O) groups is 2. The van der Waals surface area contributed by atoms with E-state index in [1.165, 1.54) is 32.1 Å². The van der Waals surface area contributed by atoms with Gasteiger partial charge in [-0.25, -0.2) is 4.79 Å². The summed E-state index contributed by atoms with van der Waals surface area (Å²) in [5, 5.41) is 0. The molecule has 0 unspecified atom stereocenters. The van der Waals surface area contributed by atoms with Crippen molar-refractivity contribution in [2.45, 2.75) is 64.2 Å². The molecule has 1 aromatic carbocycles. The van der Waals surface area contributed by atoms with Crippen LogP contribution in [0.25, 0.3) is 0 Å². The molecule has 0 aromatic heterocycles. The van der Waals surface area contributed by atoms with Gasteiger partial charge in [-0.05, 0) is 25.0 Å². The highest BCUT2D eigenvalue weighted by Crippen LogP contribution is 2.10. The van der Waals surface area contributed by atoms with Crippen molar-refractivity contribution < 1.29 is 19.2 Å². The molecule has 0 radical (unpaired) electrons. The summed E-state index contributed by atoms with van der Waals surface area (Å²) in [6, 6.07) is 8.60. The maximum Gasteiger partial charge on any atom is 0.362 e. The van der Waals surface area contributed by atoms with Crippen molar-refractivity contribution in [1.82, 2.24) is 5.48 Å². The van der Waals surface area contributed by atoms with Crippen LogP contribution < -0.4 is 5.48 Å². The molecule has 0 aliphatic rings. The summed E-state index contributed by atoms with van der Waals surface area (Å²) in [6.07, 6.45) is 10.8. The Morgan fingerprint density at radius 3 is 2.00 bits per heavy atom. The maximum atomic E-state index is 11.7. The highest BCUT2D eigenvalue weighted by Gasteiger charge is 2.08. The average Bonchev–Trinajstić information content (AvgIpc) is 2.65. The maximum absolute atomic E-state index is 11.7. The third-order valence-corrected chi connectivity index (χ3v) is 4.02. The quantitative estimate of drug-likeness (QED) is 0.423. The van der Waals surface area contributed by atoms with Crippen LogP contribution in [0.3, 0.4) is 0 Å². The van der Waals surface area contributed by atoms with E-state index in [9.17, 15) is 9.59 Å². The van der Waals surface area contributed by atoms with Gasteiger partial charge in [0.05, 0.1) is 5.56 Å². The molecule has 1 N–H and O–H groups in total. The van der Waals surface area contributed by atoms with Gasteiger partial charge in [0.15, 0.2) is 0 Å². The first kappa shape index (κ1) is 21.2. The molecule has 0 aliphatic carbocycles. The molecule has 1 amide bonds. The van der Waals surface area contributed by atoms with E-state index in [2.05, 4.69) is 5.48 Å². The molecule has 0 bridgehead atoms. The molecule has 1 rings (SSSR count). The van der Waals surface area contributed by atoms with Gasteiger partial charge >= 0.3 is 5.97 Å². The standard InChI is InChI=1S/C20H31NO4/c1-24-17-13-8-6-4-2-3-5-7-12-16-19(22)21-25-20(23)18-14-10-9-11-15-18/h9-11,14-15H,2-8,12-13,16-17H2,1H3,(H,21,22). The van der Waals surface area contributed by atoms with E-state index < -0.39 is 5.97 Å². The van der Waals surface area contributed by atoms with E-state index in [1.807, 2.05) is 6.07 Å². The van der Waals surface area contributed by atoms with Crippen molar-refractivity contribution in [2.75, 3.05) is 13.7 Å². The van der Waals surface area contributed by atoms with Gasteiger partial charge in [0.2, 0.25) is 0 Å². The van der Waals surface area contributed by atoms with Gasteiger partial charge in [-0.2, -0.15) is 5.48 Å². The first-order valence-corrected chi connectivity index (χ1v) is 9.28. The van der Waals surface area contributed by atoms with Crippen LogP contribution in [0.5, 0.6) is 0 Å². The van der Waals surface area contributed by atoms with Crippen molar-refractivity contribution in [3.63, 3.8) is 0 Å². The number of rotatable bonds is 13. The van der Waals surface area contributed by atoms with Gasteiger partial charge in [-0.15, -0.1) is 0 Å². The molecular weight excluding hydrogens is 318 g/mol. The first-order chi connectivity index (χ1) is 12.2. The molecule has 1 aromatic rings. The average molecular weight is 349 g/mol. The van der Waals surface area contributed by atoms with Crippen molar-refractivity contribution in [3.05, 3.63) is 35.9 Å². The molecule has 0 spiro atoms. The van der Waals surface area contributed by atoms with Crippen LogP contribution in [0.4, 0.5) is 0 Å². The highest BCUT2D eigenvalue weighted by molar-refractivity contribution is 5.90. The Kier molecular flexibility index (Phi) is 12.2. The lowest BCUT2D eigenvalue weighted by molar-refractivity contribution is -0.130. The lowest BCUT2D eigenvalue weighted by Crippen LogP contribution is -2.26. The third kappa shape index (κ3) is 11.3. The van der Waals surface area contributed by atoms with Crippen LogP contribution in [0, 0.1) is 0 Å². The van der Waals surface area contributed by atoms with Gasteiger partial charge < -0.3 is 9.57 Å². The van der Waals surface area contributed by atoms with Crippen LogP contribution in [-0.4, -0.2) is 25.6 Å². The lowest BCUT2D eigenvalue weighted by Gasteiger charge is -2.06. The minimum Gasteiger partial charge on any atom is -0.385 e. The predicted molar refractivity (Wildman–Crippen MR) is 98.0 cm³/mol. The Bertz CT molecular complexity index is 476. The Labute approximate surface area is 151 Å². The molecule has 0 fully saturated rings. The number of methoxy groups -OCH3 is 1. The second-order valence-corrected chi connectivity index (χ2v) is 6.21. The van der Waals surface area contributed by atoms with Crippen LogP contribution in [0.15, 0.2) is 30.3 Å². The van der Waals surface area contributed by atoms with E-state index in [0.717, 1.165) is 32.3 Å². The van der Waals surface area contributed by atoms with Crippen LogP contribution in [0.2, 0.25) is 0 Å². The highest BCUT2D eigenvalue weighted by atomic mass is 16.7. The second kappa shape index (κ2) is 14.5. The normalized spacial score (nSPS) is 10.4. The number of unbranched alkanes of at least 4 members (excludes halogenated alkanes) is 8. The van der Waals surface area contributed by atoms with E-state index in [1.54, 1.807) is 31.4 Å². The van der Waals surface area contributed by atoms with Crippen molar-refractivity contribution in [3.8, 4) is 0 Å². The molecule has 0 aliphatic heterocycles. The SMILES string of the molecule is COCCCCCCCCCCCC(=O)NOC(=O)c1ccccc1.